The van der Waals surface area contributed by atoms with Gasteiger partial charge in [0.05, 0.1) is 20.3 Å². The summed E-state index contributed by atoms with van der Waals surface area (Å²) >= 11 is 0. The van der Waals surface area contributed by atoms with E-state index in [1.165, 1.54) is 0 Å². The van der Waals surface area contributed by atoms with Crippen LogP contribution in [-0.2, 0) is 10.8 Å². The van der Waals surface area contributed by atoms with Crippen LogP contribution in [0, 0.1) is 0 Å². The van der Waals surface area contributed by atoms with E-state index in [1.54, 1.807) is 44.7 Å². The zero-order valence-electron chi connectivity index (χ0n) is 15.2. The lowest BCUT2D eigenvalue weighted by Gasteiger charge is -2.27. The first kappa shape index (κ1) is 18.5. The van der Waals surface area contributed by atoms with E-state index in [0.29, 0.717) is 17.0 Å². The molecule has 2 aromatic rings. The molecule has 1 fully saturated rings. The Morgan fingerprint density at radius 2 is 1.85 bits per heavy atom. The van der Waals surface area contributed by atoms with Gasteiger partial charge in [0.25, 0.3) is 5.91 Å². The third-order valence-electron chi connectivity index (χ3n) is 4.74. The van der Waals surface area contributed by atoms with Crippen molar-refractivity contribution in [1.29, 1.82) is 0 Å². The van der Waals surface area contributed by atoms with Crippen LogP contribution in [0.3, 0.4) is 0 Å². The second kappa shape index (κ2) is 7.91. The molecule has 26 heavy (non-hydrogen) atoms. The summed E-state index contributed by atoms with van der Waals surface area (Å²) in [6.07, 6.45) is 3.45. The van der Waals surface area contributed by atoms with E-state index in [4.69, 9.17) is 9.47 Å². The summed E-state index contributed by atoms with van der Waals surface area (Å²) in [4.78, 5) is 15.6. The highest BCUT2D eigenvalue weighted by Gasteiger charge is 2.32. The summed E-state index contributed by atoms with van der Waals surface area (Å²) in [6.45, 7) is 0.700. The molecule has 6 heteroatoms. The van der Waals surface area contributed by atoms with Gasteiger partial charge in [-0.1, -0.05) is 0 Å². The van der Waals surface area contributed by atoms with Gasteiger partial charge in [-0.3, -0.25) is 9.00 Å². The van der Waals surface area contributed by atoms with E-state index in [0.717, 1.165) is 29.9 Å². The molecular formula is C20H23NO4S. The normalized spacial score (nSPS) is 17.8. The average Bonchev–Trinajstić information content (AvgIpc) is 3.16. The molecule has 2 aromatic carbocycles. The van der Waals surface area contributed by atoms with Gasteiger partial charge in [0, 0.05) is 39.6 Å². The maximum Gasteiger partial charge on any atom is 0.254 e. The Balaban J connectivity index is 1.90. The highest BCUT2D eigenvalue weighted by atomic mass is 32.2. The van der Waals surface area contributed by atoms with Crippen LogP contribution in [0.1, 0.15) is 34.8 Å². The highest BCUT2D eigenvalue weighted by molar-refractivity contribution is 7.84. The summed E-state index contributed by atoms with van der Waals surface area (Å²) in [5.41, 5.74) is 1.57. The van der Waals surface area contributed by atoms with Crippen LogP contribution in [0.15, 0.2) is 47.4 Å². The lowest BCUT2D eigenvalue weighted by molar-refractivity contribution is 0.0734. The van der Waals surface area contributed by atoms with Crippen LogP contribution < -0.4 is 9.47 Å². The average molecular weight is 373 g/mol. The lowest BCUT2D eigenvalue weighted by Crippen LogP contribution is -2.30. The van der Waals surface area contributed by atoms with Crippen molar-refractivity contribution in [3.63, 3.8) is 0 Å². The minimum Gasteiger partial charge on any atom is -0.497 e. The molecule has 0 unspecified atom stereocenters. The standard InChI is InChI=1S/C20H23NO4S/c1-24-15-8-11-19(25-2)17(13-15)18-5-4-12-21(18)20(22)14-6-9-16(10-7-14)26(3)23/h6-11,13,18H,4-5,12H2,1-3H3/t18-,26+/m0/s1. The summed E-state index contributed by atoms with van der Waals surface area (Å²) in [5.74, 6) is 1.48. The molecule has 1 aliphatic rings. The van der Waals surface area contributed by atoms with Crippen LogP contribution in [0.5, 0.6) is 11.5 Å². The smallest absolute Gasteiger partial charge is 0.254 e. The molecule has 0 aromatic heterocycles. The van der Waals surface area contributed by atoms with Crippen molar-refractivity contribution < 1.29 is 18.5 Å². The van der Waals surface area contributed by atoms with Crippen molar-refractivity contribution in [1.82, 2.24) is 4.90 Å². The van der Waals surface area contributed by atoms with Crippen LogP contribution in [0.25, 0.3) is 0 Å². The third kappa shape index (κ3) is 3.60. The number of benzene rings is 2. The summed E-state index contributed by atoms with van der Waals surface area (Å²) in [5, 5.41) is 0. The summed E-state index contributed by atoms with van der Waals surface area (Å²) in [6, 6.07) is 12.6. The second-order valence-electron chi connectivity index (χ2n) is 6.24. The maximum absolute atomic E-state index is 13.0. The Morgan fingerprint density at radius 1 is 1.12 bits per heavy atom. The van der Waals surface area contributed by atoms with Gasteiger partial charge < -0.3 is 14.4 Å². The van der Waals surface area contributed by atoms with Gasteiger partial charge in [0.1, 0.15) is 11.5 Å². The fraction of sp³-hybridized carbons (Fsp3) is 0.350. The van der Waals surface area contributed by atoms with Crippen molar-refractivity contribution in [2.45, 2.75) is 23.8 Å². The Hall–Kier alpha value is -2.34. The van der Waals surface area contributed by atoms with Gasteiger partial charge in [-0.2, -0.15) is 0 Å². The van der Waals surface area contributed by atoms with Gasteiger partial charge in [-0.25, -0.2) is 0 Å². The number of carbonyl (C=O) groups is 1. The molecule has 1 heterocycles. The number of ether oxygens (including phenoxy) is 2. The Kier molecular flexibility index (Phi) is 5.61. The number of hydrogen-bond acceptors (Lipinski definition) is 4. The van der Waals surface area contributed by atoms with Gasteiger partial charge in [0.2, 0.25) is 0 Å². The van der Waals surface area contributed by atoms with E-state index in [2.05, 4.69) is 0 Å². The number of carbonyl (C=O) groups excluding carboxylic acids is 1. The number of likely N-dealkylation sites (tertiary alicyclic amines) is 1. The largest absolute Gasteiger partial charge is 0.497 e. The fourth-order valence-corrected chi connectivity index (χ4v) is 3.91. The molecule has 0 radical (unpaired) electrons. The molecule has 1 amide bonds. The zero-order valence-corrected chi connectivity index (χ0v) is 16.0. The molecule has 0 N–H and O–H groups in total. The minimum absolute atomic E-state index is 0.0224. The van der Waals surface area contributed by atoms with Gasteiger partial charge in [-0.05, 0) is 55.3 Å². The highest BCUT2D eigenvalue weighted by Crippen LogP contribution is 2.39. The maximum atomic E-state index is 13.0. The van der Waals surface area contributed by atoms with Crippen molar-refractivity contribution in [3.05, 3.63) is 53.6 Å². The van der Waals surface area contributed by atoms with E-state index < -0.39 is 10.8 Å². The number of amides is 1. The zero-order chi connectivity index (χ0) is 18.7. The first-order valence-electron chi connectivity index (χ1n) is 8.51. The minimum atomic E-state index is -1.05. The van der Waals surface area contributed by atoms with E-state index in [1.807, 2.05) is 23.1 Å². The van der Waals surface area contributed by atoms with E-state index in [-0.39, 0.29) is 11.9 Å². The molecule has 0 saturated carbocycles. The number of hydrogen-bond donors (Lipinski definition) is 0. The summed E-state index contributed by atoms with van der Waals surface area (Å²) < 4.78 is 22.4. The Morgan fingerprint density at radius 3 is 2.46 bits per heavy atom. The molecule has 3 rings (SSSR count). The number of rotatable bonds is 5. The molecule has 1 aliphatic heterocycles. The predicted molar refractivity (Wildman–Crippen MR) is 101 cm³/mol. The number of nitrogens with zero attached hydrogens (tertiary/aromatic N) is 1. The molecule has 5 nitrogen and oxygen atoms in total. The van der Waals surface area contributed by atoms with Crippen molar-refractivity contribution >= 4 is 16.7 Å². The van der Waals surface area contributed by atoms with Crippen molar-refractivity contribution in [2.24, 2.45) is 0 Å². The number of methoxy groups -OCH3 is 2. The summed E-state index contributed by atoms with van der Waals surface area (Å²) in [7, 11) is 2.21. The topological polar surface area (TPSA) is 55.8 Å². The molecular weight excluding hydrogens is 350 g/mol. The van der Waals surface area contributed by atoms with Gasteiger partial charge in [-0.15, -0.1) is 0 Å². The molecule has 0 bridgehead atoms. The van der Waals surface area contributed by atoms with Crippen LogP contribution in [0.4, 0.5) is 0 Å². The Labute approximate surface area is 156 Å². The molecule has 2 atom stereocenters. The van der Waals surface area contributed by atoms with Crippen LogP contribution in [0.2, 0.25) is 0 Å². The first-order valence-corrected chi connectivity index (χ1v) is 10.1. The first-order chi connectivity index (χ1) is 12.5. The third-order valence-corrected chi connectivity index (χ3v) is 5.68. The van der Waals surface area contributed by atoms with Crippen LogP contribution in [-0.4, -0.2) is 42.0 Å². The molecule has 0 aliphatic carbocycles. The van der Waals surface area contributed by atoms with Crippen molar-refractivity contribution in [3.8, 4) is 11.5 Å². The van der Waals surface area contributed by atoms with Gasteiger partial charge in [0.15, 0.2) is 0 Å². The fourth-order valence-electron chi connectivity index (χ4n) is 3.39. The molecule has 1 saturated heterocycles. The molecule has 138 valence electrons. The van der Waals surface area contributed by atoms with E-state index >= 15 is 0 Å². The van der Waals surface area contributed by atoms with E-state index in [9.17, 15) is 9.00 Å². The Bertz CT molecular complexity index is 819. The quantitative estimate of drug-likeness (QED) is 0.806. The predicted octanol–water partition coefficient (Wildman–Crippen LogP) is 3.42. The monoisotopic (exact) mass is 373 g/mol. The second-order valence-corrected chi connectivity index (χ2v) is 7.62. The van der Waals surface area contributed by atoms with Crippen molar-refractivity contribution in [2.75, 3.05) is 27.0 Å². The van der Waals surface area contributed by atoms with Crippen LogP contribution >= 0.6 is 0 Å². The molecule has 0 spiro atoms. The SMILES string of the molecule is COc1ccc(OC)c([C@@H]2CCCN2C(=O)c2ccc([S@@](C)=O)cc2)c1. The van der Waals surface area contributed by atoms with Gasteiger partial charge >= 0.3 is 0 Å². The lowest BCUT2D eigenvalue weighted by atomic mass is 10.0.